The minimum Gasteiger partial charge on any atom is -0.508 e. The summed E-state index contributed by atoms with van der Waals surface area (Å²) in [6.45, 7) is 11.7. The first-order chi connectivity index (χ1) is 28.0. The van der Waals surface area contributed by atoms with Gasteiger partial charge in [-0.1, -0.05) is 60.5 Å². The van der Waals surface area contributed by atoms with E-state index in [0.717, 1.165) is 58.6 Å². The number of methoxy groups -OCH3 is 2. The molecule has 318 valence electrons. The first kappa shape index (κ1) is 52.1. The quantitative estimate of drug-likeness (QED) is 0.0444. The van der Waals surface area contributed by atoms with Crippen LogP contribution >= 0.6 is 0 Å². The predicted molar refractivity (Wildman–Crippen MR) is 246 cm³/mol. The number of phenolic OH excluding ortho intramolecular Hbond substituents is 1. The van der Waals surface area contributed by atoms with Crippen molar-refractivity contribution in [1.82, 2.24) is 0 Å². The topological polar surface area (TPSA) is 295 Å². The molecule has 0 atom stereocenters. The summed E-state index contributed by atoms with van der Waals surface area (Å²) in [7, 11) is 3.27. The average molecular weight is 813 g/mol. The Morgan fingerprint density at radius 2 is 1.19 bits per heavy atom. The Balaban J connectivity index is 0.000000760. The second-order valence-electron chi connectivity index (χ2n) is 13.2. The monoisotopic (exact) mass is 813 g/mol. The SMILES string of the molecule is CC(C)=CCC/C(C)=C/C=NCC(N)=[NH2+].CCc1ccc(C=NCC(N)=[NH2+])cc1O.COc1cc(C=NCC(N)=[NH2+])ccc1C.COc1ccccc1C=NCC(N)=[NH2+]. The molecule has 0 radical (unpaired) electrons. The van der Waals surface area contributed by atoms with Crippen LogP contribution in [-0.2, 0) is 6.42 Å². The van der Waals surface area contributed by atoms with Gasteiger partial charge >= 0.3 is 0 Å². The third-order valence-electron chi connectivity index (χ3n) is 7.42. The number of hydrogen-bond acceptors (Lipinski definition) is 7. The molecule has 3 rings (SSSR count). The Bertz CT molecular complexity index is 1960. The van der Waals surface area contributed by atoms with Gasteiger partial charge in [-0.05, 0) is 99.6 Å². The molecule has 0 heterocycles. The van der Waals surface area contributed by atoms with Gasteiger partial charge in [0.05, 0.1) is 14.2 Å². The molecule has 0 aromatic heterocycles. The molecule has 3 aromatic rings. The Morgan fingerprint density at radius 1 is 0.678 bits per heavy atom. The van der Waals surface area contributed by atoms with Crippen LogP contribution in [0.1, 0.15) is 68.4 Å². The Labute approximate surface area is 349 Å². The van der Waals surface area contributed by atoms with E-state index in [4.69, 9.17) is 54.0 Å². The zero-order chi connectivity index (χ0) is 44.6. The summed E-state index contributed by atoms with van der Waals surface area (Å²) in [4.78, 5) is 16.2. The minimum atomic E-state index is 0.278. The number of nitrogens with zero attached hydrogens (tertiary/aromatic N) is 4. The normalized spacial score (nSPS) is 10.9. The molecule has 3 aromatic carbocycles. The lowest BCUT2D eigenvalue weighted by Crippen LogP contribution is -2.47. The molecule has 0 saturated heterocycles. The van der Waals surface area contributed by atoms with Crippen LogP contribution in [0.3, 0.4) is 0 Å². The molecule has 0 aliphatic rings. The van der Waals surface area contributed by atoms with Crippen molar-refractivity contribution < 1.29 is 36.2 Å². The third kappa shape index (κ3) is 27.4. The summed E-state index contributed by atoms with van der Waals surface area (Å²) in [5.41, 5.74) is 28.5. The zero-order valence-corrected chi connectivity index (χ0v) is 35.9. The van der Waals surface area contributed by atoms with Gasteiger partial charge in [-0.25, -0.2) is 0 Å². The first-order valence-corrected chi connectivity index (χ1v) is 18.9. The second-order valence-corrected chi connectivity index (χ2v) is 13.2. The van der Waals surface area contributed by atoms with Crippen molar-refractivity contribution in [2.75, 3.05) is 40.4 Å². The van der Waals surface area contributed by atoms with E-state index in [2.05, 4.69) is 46.8 Å². The fraction of sp³-hybridized carbons (Fsp3) is 0.318. The highest BCUT2D eigenvalue weighted by molar-refractivity contribution is 5.86. The van der Waals surface area contributed by atoms with E-state index < -0.39 is 0 Å². The number of para-hydroxylation sites is 1. The molecule has 0 spiro atoms. The number of benzene rings is 3. The molecule has 0 amide bonds. The summed E-state index contributed by atoms with van der Waals surface area (Å²) >= 11 is 0. The Kier molecular flexibility index (Phi) is 27.6. The lowest BCUT2D eigenvalue weighted by molar-refractivity contribution is -0.117. The summed E-state index contributed by atoms with van der Waals surface area (Å²) < 4.78 is 10.3. The van der Waals surface area contributed by atoms with Gasteiger partial charge in [0.1, 0.15) is 43.4 Å². The third-order valence-corrected chi connectivity index (χ3v) is 7.42. The molecule has 15 heteroatoms. The zero-order valence-electron chi connectivity index (χ0n) is 35.9. The average Bonchev–Trinajstić information content (AvgIpc) is 3.17. The Hall–Kier alpha value is -6.90. The Morgan fingerprint density at radius 3 is 1.69 bits per heavy atom. The van der Waals surface area contributed by atoms with Crippen LogP contribution in [0.4, 0.5) is 0 Å². The number of rotatable bonds is 18. The van der Waals surface area contributed by atoms with E-state index in [1.807, 2.05) is 74.5 Å². The summed E-state index contributed by atoms with van der Waals surface area (Å²) in [6.07, 6.45) is 14.0. The smallest absolute Gasteiger partial charge is 0.260 e. The number of nitrogens with two attached hydrogens (primary N) is 8. The van der Waals surface area contributed by atoms with Crippen LogP contribution < -0.4 is 54.0 Å². The van der Waals surface area contributed by atoms with Crippen LogP contribution in [-0.4, -0.2) is 93.7 Å². The van der Waals surface area contributed by atoms with Crippen molar-refractivity contribution in [3.63, 3.8) is 0 Å². The number of allylic oxidation sites excluding steroid dienone is 4. The van der Waals surface area contributed by atoms with Crippen LogP contribution in [0, 0.1) is 6.92 Å². The number of hydrogen-bond donors (Lipinski definition) is 9. The van der Waals surface area contributed by atoms with E-state index >= 15 is 0 Å². The van der Waals surface area contributed by atoms with Gasteiger partial charge in [0.25, 0.3) is 23.3 Å². The first-order valence-electron chi connectivity index (χ1n) is 18.9. The van der Waals surface area contributed by atoms with Crippen LogP contribution in [0.15, 0.2) is 104 Å². The molecule has 59 heavy (non-hydrogen) atoms. The molecular formula is C44H68N12O3+4. The van der Waals surface area contributed by atoms with Gasteiger partial charge in [0.2, 0.25) is 0 Å². The van der Waals surface area contributed by atoms with Gasteiger partial charge in [-0.15, -0.1) is 0 Å². The fourth-order valence-corrected chi connectivity index (χ4v) is 4.42. The number of aromatic hydroxyl groups is 1. The van der Waals surface area contributed by atoms with E-state index in [9.17, 15) is 5.11 Å². The van der Waals surface area contributed by atoms with Gasteiger partial charge in [0.15, 0.2) is 0 Å². The van der Waals surface area contributed by atoms with E-state index in [1.165, 1.54) is 11.1 Å². The summed E-state index contributed by atoms with van der Waals surface area (Å²) in [5, 5.41) is 30.7. The highest BCUT2D eigenvalue weighted by atomic mass is 16.5. The number of aryl methyl sites for hydroxylation is 2. The van der Waals surface area contributed by atoms with Crippen LogP contribution in [0.5, 0.6) is 17.2 Å². The predicted octanol–water partition coefficient (Wildman–Crippen LogP) is -0.875. The van der Waals surface area contributed by atoms with Crippen molar-refractivity contribution in [1.29, 1.82) is 0 Å². The van der Waals surface area contributed by atoms with E-state index in [1.54, 1.807) is 45.1 Å². The van der Waals surface area contributed by atoms with Crippen LogP contribution in [0.25, 0.3) is 0 Å². The van der Waals surface area contributed by atoms with Crippen molar-refractivity contribution >= 4 is 48.2 Å². The molecule has 15 nitrogen and oxygen atoms in total. The van der Waals surface area contributed by atoms with Gasteiger partial charge in [0, 0.05) is 30.4 Å². The van der Waals surface area contributed by atoms with E-state index in [0.29, 0.717) is 49.4 Å². The lowest BCUT2D eigenvalue weighted by atomic mass is 10.1. The molecule has 0 fully saturated rings. The van der Waals surface area contributed by atoms with Crippen molar-refractivity contribution in [3.05, 3.63) is 112 Å². The largest absolute Gasteiger partial charge is 0.508 e. The number of ether oxygens (including phenoxy) is 2. The molecule has 0 unspecified atom stereocenters. The van der Waals surface area contributed by atoms with Crippen molar-refractivity contribution in [2.45, 2.75) is 53.9 Å². The van der Waals surface area contributed by atoms with E-state index in [-0.39, 0.29) is 5.84 Å². The van der Waals surface area contributed by atoms with Crippen LogP contribution in [0.2, 0.25) is 0 Å². The van der Waals surface area contributed by atoms with Gasteiger partial charge in [-0.2, -0.15) is 0 Å². The second kappa shape index (κ2) is 31.2. The molecule has 0 aliphatic carbocycles. The minimum absolute atomic E-state index is 0.278. The summed E-state index contributed by atoms with van der Waals surface area (Å²) in [5.74, 6) is 3.17. The van der Waals surface area contributed by atoms with Gasteiger partial charge < -0.3 is 14.6 Å². The molecule has 0 saturated carbocycles. The molecule has 0 bridgehead atoms. The van der Waals surface area contributed by atoms with Crippen molar-refractivity contribution in [3.8, 4) is 17.2 Å². The number of amidine groups is 4. The maximum absolute atomic E-state index is 9.58. The highest BCUT2D eigenvalue weighted by Crippen LogP contribution is 2.19. The lowest BCUT2D eigenvalue weighted by Gasteiger charge is -2.04. The molecular weight excluding hydrogens is 745 g/mol. The van der Waals surface area contributed by atoms with Gasteiger partial charge in [-0.3, -0.25) is 64.5 Å². The van der Waals surface area contributed by atoms with Crippen molar-refractivity contribution in [2.24, 2.45) is 42.9 Å². The molecule has 0 aliphatic heterocycles. The number of phenols is 1. The summed E-state index contributed by atoms with van der Waals surface area (Å²) in [6, 6.07) is 18.9. The maximum Gasteiger partial charge on any atom is 0.260 e. The highest BCUT2D eigenvalue weighted by Gasteiger charge is 2.01. The maximum atomic E-state index is 9.58. The fourth-order valence-electron chi connectivity index (χ4n) is 4.42. The standard InChI is InChI=1S/C12H21N3.2C11H15N3O.C10H13N3O/c1-10(2)5-4-6-11(3)7-8-15-9-12(13)14;1-8-3-4-9(5-10(8)15-2)6-14-7-11(12)13;1-2-9-4-3-8(5-10(9)15)6-14-7-11(12)13;1-14-9-5-3-2-4-8(9)6-13-7-10(11)12/h5,7-8H,4,6,9H2,1-3H3,(H3,13,14);3-6H,7H2,1-2H3,(H3,12,13);3-6,15H,2,7H2,1H3,(H3,12,13);2-6H,7H2,1H3,(H3,11,12)/p+4/b11-7+,15-8?;;;. The number of aliphatic imine (C=N–C) groups is 4. The molecule has 17 N–H and O–H groups in total.